The highest BCUT2D eigenvalue weighted by atomic mass is 32.2. The number of pyridine rings is 1. The lowest BCUT2D eigenvalue weighted by atomic mass is 10.1. The number of nitrogens with one attached hydrogen (secondary N) is 1. The zero-order valence-corrected chi connectivity index (χ0v) is 20.7. The fourth-order valence-electron chi connectivity index (χ4n) is 3.15. The van der Waals surface area contributed by atoms with Crippen molar-refractivity contribution in [2.75, 3.05) is 18.9 Å². The summed E-state index contributed by atoms with van der Waals surface area (Å²) in [6, 6.07) is 11.2. The Labute approximate surface area is 209 Å². The third-order valence-corrected chi connectivity index (χ3v) is 6.48. The second kappa shape index (κ2) is 11.3. The largest absolute Gasteiger partial charge is 0.497 e. The summed E-state index contributed by atoms with van der Waals surface area (Å²) in [5.41, 5.74) is 1.41. The topological polar surface area (TPSA) is 115 Å². The van der Waals surface area contributed by atoms with Gasteiger partial charge in [-0.05, 0) is 49.4 Å². The molecule has 0 radical (unpaired) electrons. The van der Waals surface area contributed by atoms with E-state index in [-0.39, 0.29) is 21.7 Å². The van der Waals surface area contributed by atoms with Gasteiger partial charge < -0.3 is 14.6 Å². The lowest BCUT2D eigenvalue weighted by Crippen LogP contribution is -2.15. The number of aliphatic carboxylic acids is 1. The van der Waals surface area contributed by atoms with Crippen LogP contribution in [0.1, 0.15) is 12.5 Å². The molecule has 0 amide bonds. The number of sulfonamides is 1. The maximum Gasteiger partial charge on any atom is 0.331 e. The zero-order valence-electron chi connectivity index (χ0n) is 19.9. The van der Waals surface area contributed by atoms with Crippen molar-refractivity contribution in [2.24, 2.45) is 0 Å². The highest BCUT2D eigenvalue weighted by Crippen LogP contribution is 2.31. The molecule has 36 heavy (non-hydrogen) atoms. The minimum Gasteiger partial charge on any atom is -0.497 e. The Bertz CT molecular complexity index is 1560. The van der Waals surface area contributed by atoms with E-state index in [1.165, 1.54) is 57.7 Å². The molecular formula is C27H24N2O6S. The highest BCUT2D eigenvalue weighted by molar-refractivity contribution is 7.93. The molecule has 0 aliphatic rings. The number of methoxy groups -OCH3 is 2. The number of hydrogen-bond donors (Lipinski definition) is 2. The molecule has 2 N–H and O–H groups in total. The molecule has 3 aromatic rings. The van der Waals surface area contributed by atoms with Gasteiger partial charge in [0.2, 0.25) is 0 Å². The number of carboxylic acids is 1. The summed E-state index contributed by atoms with van der Waals surface area (Å²) in [6.45, 7) is 5.15. The third-order valence-electron chi connectivity index (χ3n) is 5.08. The normalized spacial score (nSPS) is 11.9. The van der Waals surface area contributed by atoms with E-state index in [1.54, 1.807) is 30.3 Å². The van der Waals surface area contributed by atoms with Gasteiger partial charge in [0.25, 0.3) is 10.0 Å². The molecule has 3 rings (SSSR count). The summed E-state index contributed by atoms with van der Waals surface area (Å²) in [5.74, 6) is 5.67. The maximum atomic E-state index is 13.4. The van der Waals surface area contributed by atoms with Crippen LogP contribution in [0, 0.1) is 11.8 Å². The van der Waals surface area contributed by atoms with E-state index < -0.39 is 16.0 Å². The molecule has 8 nitrogen and oxygen atoms in total. The smallest absolute Gasteiger partial charge is 0.331 e. The molecule has 0 aliphatic carbocycles. The Kier molecular flexibility index (Phi) is 8.14. The average Bonchev–Trinajstić information content (AvgIpc) is 2.88. The molecule has 0 saturated carbocycles. The van der Waals surface area contributed by atoms with Gasteiger partial charge in [-0.1, -0.05) is 30.6 Å². The summed E-state index contributed by atoms with van der Waals surface area (Å²) in [5, 5.41) is 9.57. The summed E-state index contributed by atoms with van der Waals surface area (Å²) in [4.78, 5) is 15.2. The lowest BCUT2D eigenvalue weighted by Gasteiger charge is -2.14. The van der Waals surface area contributed by atoms with Gasteiger partial charge >= 0.3 is 5.97 Å². The van der Waals surface area contributed by atoms with Gasteiger partial charge in [0, 0.05) is 34.4 Å². The van der Waals surface area contributed by atoms with E-state index >= 15 is 0 Å². The van der Waals surface area contributed by atoms with Crippen molar-refractivity contribution in [3.05, 3.63) is 90.2 Å². The maximum absolute atomic E-state index is 13.4. The first-order valence-corrected chi connectivity index (χ1v) is 12.1. The van der Waals surface area contributed by atoms with Gasteiger partial charge in [-0.3, -0.25) is 9.71 Å². The molecule has 0 bridgehead atoms. The van der Waals surface area contributed by atoms with Crippen LogP contribution >= 0.6 is 0 Å². The Morgan fingerprint density at radius 3 is 2.58 bits per heavy atom. The Morgan fingerprint density at radius 2 is 1.92 bits per heavy atom. The minimum absolute atomic E-state index is 0.0263. The minimum atomic E-state index is -4.09. The van der Waals surface area contributed by atoms with Crippen molar-refractivity contribution in [3.63, 3.8) is 0 Å². The number of benzene rings is 2. The predicted molar refractivity (Wildman–Crippen MR) is 139 cm³/mol. The number of rotatable bonds is 8. The molecule has 2 aromatic carbocycles. The number of carbonyl (C=O) groups is 1. The monoisotopic (exact) mass is 504 g/mol. The van der Waals surface area contributed by atoms with Crippen molar-refractivity contribution in [2.45, 2.75) is 11.8 Å². The van der Waals surface area contributed by atoms with E-state index in [9.17, 15) is 13.2 Å². The molecule has 1 aromatic heterocycles. The fourth-order valence-corrected chi connectivity index (χ4v) is 4.38. The van der Waals surface area contributed by atoms with E-state index in [1.807, 2.05) is 0 Å². The fraction of sp³-hybridized carbons (Fsp3) is 0.111. The van der Waals surface area contributed by atoms with Crippen LogP contribution in [0.4, 0.5) is 5.69 Å². The van der Waals surface area contributed by atoms with Crippen molar-refractivity contribution in [3.8, 4) is 23.3 Å². The predicted octanol–water partition coefficient (Wildman–Crippen LogP) is 4.55. The number of anilines is 1. The Morgan fingerprint density at radius 1 is 1.14 bits per heavy atom. The molecule has 0 unspecified atom stereocenters. The molecule has 0 aliphatic heterocycles. The van der Waals surface area contributed by atoms with Gasteiger partial charge in [0.1, 0.15) is 16.4 Å². The summed E-state index contributed by atoms with van der Waals surface area (Å²) < 4.78 is 40.0. The van der Waals surface area contributed by atoms with Gasteiger partial charge in [-0.2, -0.15) is 0 Å². The quantitative estimate of drug-likeness (QED) is 0.263. The van der Waals surface area contributed by atoms with E-state index in [4.69, 9.17) is 14.6 Å². The molecule has 0 saturated heterocycles. The standard InChI is InChI=1S/C27H24N2O6S/c1-5-19(9-8-18(2)27(30)31)10-11-20-12-13-21(34-3)17-23(20)29-36(32,33)25-15-14-24(35-4)22-7-6-16-28-26(22)25/h5-9,12-17,29H,1H2,2-4H3,(H,30,31)/b18-8+,19-9+. The lowest BCUT2D eigenvalue weighted by molar-refractivity contribution is -0.132. The van der Waals surface area contributed by atoms with Crippen molar-refractivity contribution >= 4 is 32.6 Å². The van der Waals surface area contributed by atoms with Crippen molar-refractivity contribution in [1.29, 1.82) is 0 Å². The van der Waals surface area contributed by atoms with Gasteiger partial charge in [-0.15, -0.1) is 0 Å². The zero-order chi connectivity index (χ0) is 26.3. The second-order valence-electron chi connectivity index (χ2n) is 7.41. The average molecular weight is 505 g/mol. The second-order valence-corrected chi connectivity index (χ2v) is 9.06. The number of nitrogens with zero attached hydrogens (tertiary/aromatic N) is 1. The number of hydrogen-bond acceptors (Lipinski definition) is 6. The first-order valence-electron chi connectivity index (χ1n) is 10.6. The molecule has 184 valence electrons. The van der Waals surface area contributed by atoms with Crippen LogP contribution in [0.25, 0.3) is 10.9 Å². The van der Waals surface area contributed by atoms with Crippen LogP contribution in [0.3, 0.4) is 0 Å². The molecule has 0 atom stereocenters. The molecule has 0 spiro atoms. The number of carboxylic acid groups (broad SMARTS) is 1. The van der Waals surface area contributed by atoms with Gasteiger partial charge in [0.05, 0.1) is 25.4 Å². The van der Waals surface area contributed by atoms with Crippen molar-refractivity contribution in [1.82, 2.24) is 4.98 Å². The van der Waals surface area contributed by atoms with Gasteiger partial charge in [0.15, 0.2) is 0 Å². The van der Waals surface area contributed by atoms with Crippen LogP contribution < -0.4 is 14.2 Å². The SMILES string of the molecule is C=C/C(C#Cc1ccc(OC)cc1NS(=O)(=O)c1ccc(OC)c2cccnc12)=C\C=C(/C)C(=O)O. The molecule has 1 heterocycles. The summed E-state index contributed by atoms with van der Waals surface area (Å²) >= 11 is 0. The number of aromatic nitrogens is 1. The van der Waals surface area contributed by atoms with Crippen LogP contribution in [-0.2, 0) is 14.8 Å². The van der Waals surface area contributed by atoms with Crippen LogP contribution in [0.2, 0.25) is 0 Å². The number of ether oxygens (including phenoxy) is 2. The first kappa shape index (κ1) is 26.1. The van der Waals surface area contributed by atoms with E-state index in [0.29, 0.717) is 28.0 Å². The van der Waals surface area contributed by atoms with Crippen LogP contribution in [0.15, 0.2) is 89.5 Å². The van der Waals surface area contributed by atoms with Crippen molar-refractivity contribution < 1.29 is 27.8 Å². The highest BCUT2D eigenvalue weighted by Gasteiger charge is 2.21. The van der Waals surface area contributed by atoms with E-state index in [0.717, 1.165) is 0 Å². The third kappa shape index (κ3) is 5.92. The summed E-state index contributed by atoms with van der Waals surface area (Å²) in [7, 11) is -1.12. The number of fused-ring (bicyclic) bond motifs is 1. The Balaban J connectivity index is 2.07. The first-order chi connectivity index (χ1) is 17.2. The van der Waals surface area contributed by atoms with Crippen LogP contribution in [0.5, 0.6) is 11.5 Å². The van der Waals surface area contributed by atoms with Gasteiger partial charge in [-0.25, -0.2) is 13.2 Å². The van der Waals surface area contributed by atoms with E-state index in [2.05, 4.69) is 28.1 Å². The summed E-state index contributed by atoms with van der Waals surface area (Å²) in [6.07, 6.45) is 5.91. The Hall–Kier alpha value is -4.55. The van der Waals surface area contributed by atoms with Crippen LogP contribution in [-0.4, -0.2) is 38.7 Å². The number of allylic oxidation sites excluding steroid dienone is 4. The molecule has 9 heteroatoms. The molecule has 0 fully saturated rings. The molecular weight excluding hydrogens is 480 g/mol.